The van der Waals surface area contributed by atoms with Crippen molar-refractivity contribution in [2.75, 3.05) is 0 Å². The first-order chi connectivity index (χ1) is 8.50. The highest BCUT2D eigenvalue weighted by Gasteiger charge is 2.18. The molecule has 2 rings (SSSR count). The van der Waals surface area contributed by atoms with Crippen LogP contribution in [0.4, 0.5) is 8.78 Å². The number of hydrogen-bond acceptors (Lipinski definition) is 1. The molecule has 0 amide bonds. The van der Waals surface area contributed by atoms with Gasteiger partial charge < -0.3 is 5.73 Å². The van der Waals surface area contributed by atoms with Crippen molar-refractivity contribution in [2.45, 2.75) is 6.04 Å². The van der Waals surface area contributed by atoms with E-state index >= 15 is 0 Å². The lowest BCUT2D eigenvalue weighted by molar-refractivity contribution is 0.494. The molecule has 0 aromatic heterocycles. The van der Waals surface area contributed by atoms with Gasteiger partial charge in [-0.25, -0.2) is 8.78 Å². The molecule has 2 aromatic carbocycles. The second-order valence-electron chi connectivity index (χ2n) is 3.79. The zero-order chi connectivity index (χ0) is 13.3. The van der Waals surface area contributed by atoms with Gasteiger partial charge in [-0.1, -0.05) is 28.1 Å². The summed E-state index contributed by atoms with van der Waals surface area (Å²) in [6, 6.07) is 8.91. The maximum atomic E-state index is 13.7. The molecule has 1 nitrogen and oxygen atoms in total. The Hall–Kier alpha value is -0.530. The van der Waals surface area contributed by atoms with Crippen LogP contribution in [-0.4, -0.2) is 0 Å². The fourth-order valence-corrected chi connectivity index (χ4v) is 2.73. The zero-order valence-electron chi connectivity index (χ0n) is 9.13. The lowest BCUT2D eigenvalue weighted by Gasteiger charge is -2.15. The molecule has 0 spiro atoms. The average Bonchev–Trinajstić information content (AvgIpc) is 2.35. The molecule has 0 aliphatic rings. The van der Waals surface area contributed by atoms with Crippen LogP contribution in [0.15, 0.2) is 40.9 Å². The number of benzene rings is 2. The molecule has 0 radical (unpaired) electrons. The van der Waals surface area contributed by atoms with Crippen LogP contribution in [0, 0.1) is 15.2 Å². The molecule has 5 heteroatoms. The van der Waals surface area contributed by atoms with Gasteiger partial charge in [0.2, 0.25) is 0 Å². The van der Waals surface area contributed by atoms with E-state index in [1.54, 1.807) is 0 Å². The molecule has 18 heavy (non-hydrogen) atoms. The normalized spacial score (nSPS) is 12.5. The van der Waals surface area contributed by atoms with Gasteiger partial charge in [-0.3, -0.25) is 0 Å². The third-order valence-electron chi connectivity index (χ3n) is 2.61. The summed E-state index contributed by atoms with van der Waals surface area (Å²) < 4.78 is 28.7. The zero-order valence-corrected chi connectivity index (χ0v) is 12.9. The predicted molar refractivity (Wildman–Crippen MR) is 79.2 cm³/mol. The quantitative estimate of drug-likeness (QED) is 0.712. The standard InChI is InChI=1S/C13H9BrF2IN/c14-7-4-5-11(17)9(6-7)13(18)8-2-1-3-10(15)12(8)16/h1-6,13H,18H2. The van der Waals surface area contributed by atoms with E-state index in [9.17, 15) is 8.78 Å². The molecule has 0 bridgehead atoms. The van der Waals surface area contributed by atoms with Gasteiger partial charge in [0, 0.05) is 13.6 Å². The van der Waals surface area contributed by atoms with E-state index in [0.717, 1.165) is 19.7 Å². The van der Waals surface area contributed by atoms with Crippen LogP contribution in [0.5, 0.6) is 0 Å². The maximum absolute atomic E-state index is 13.7. The third kappa shape index (κ3) is 2.73. The fraction of sp³-hybridized carbons (Fsp3) is 0.0769. The Kier molecular flexibility index (Phi) is 4.34. The Balaban J connectivity index is 2.51. The van der Waals surface area contributed by atoms with Gasteiger partial charge in [-0.05, 0) is 52.4 Å². The van der Waals surface area contributed by atoms with Gasteiger partial charge in [-0.2, -0.15) is 0 Å². The minimum Gasteiger partial charge on any atom is -0.320 e. The Morgan fingerprint density at radius 2 is 1.83 bits per heavy atom. The number of halogens is 4. The van der Waals surface area contributed by atoms with E-state index in [4.69, 9.17) is 5.73 Å². The summed E-state index contributed by atoms with van der Waals surface area (Å²) in [5, 5.41) is 0. The Labute approximate surface area is 126 Å². The van der Waals surface area contributed by atoms with E-state index in [-0.39, 0.29) is 5.56 Å². The van der Waals surface area contributed by atoms with Crippen LogP contribution in [0.25, 0.3) is 0 Å². The van der Waals surface area contributed by atoms with Crippen molar-refractivity contribution in [3.05, 3.63) is 67.2 Å². The van der Waals surface area contributed by atoms with Crippen molar-refractivity contribution in [3.63, 3.8) is 0 Å². The van der Waals surface area contributed by atoms with Crippen molar-refractivity contribution in [1.82, 2.24) is 0 Å². The van der Waals surface area contributed by atoms with Gasteiger partial charge in [0.05, 0.1) is 6.04 Å². The van der Waals surface area contributed by atoms with Gasteiger partial charge in [0.15, 0.2) is 11.6 Å². The molecule has 1 atom stereocenters. The second-order valence-corrected chi connectivity index (χ2v) is 5.86. The van der Waals surface area contributed by atoms with E-state index in [2.05, 4.69) is 38.5 Å². The molecule has 0 saturated carbocycles. The van der Waals surface area contributed by atoms with Crippen LogP contribution in [0.3, 0.4) is 0 Å². The highest BCUT2D eigenvalue weighted by atomic mass is 127. The lowest BCUT2D eigenvalue weighted by Crippen LogP contribution is -2.15. The van der Waals surface area contributed by atoms with Crippen LogP contribution in [0.2, 0.25) is 0 Å². The van der Waals surface area contributed by atoms with Crippen molar-refractivity contribution in [1.29, 1.82) is 0 Å². The largest absolute Gasteiger partial charge is 0.320 e. The van der Waals surface area contributed by atoms with Crippen LogP contribution >= 0.6 is 38.5 Å². The number of rotatable bonds is 2. The first-order valence-electron chi connectivity index (χ1n) is 5.15. The summed E-state index contributed by atoms with van der Waals surface area (Å²) in [5.41, 5.74) is 6.94. The topological polar surface area (TPSA) is 26.0 Å². The van der Waals surface area contributed by atoms with Gasteiger partial charge in [0.25, 0.3) is 0 Å². The van der Waals surface area contributed by atoms with Crippen LogP contribution < -0.4 is 5.73 Å². The molecule has 0 fully saturated rings. The van der Waals surface area contributed by atoms with E-state index in [0.29, 0.717) is 0 Å². The van der Waals surface area contributed by atoms with Crippen molar-refractivity contribution in [3.8, 4) is 0 Å². The smallest absolute Gasteiger partial charge is 0.163 e. The lowest BCUT2D eigenvalue weighted by atomic mass is 9.99. The van der Waals surface area contributed by atoms with Crippen LogP contribution in [0.1, 0.15) is 17.2 Å². The predicted octanol–water partition coefficient (Wildman–Crippen LogP) is 4.38. The molecule has 94 valence electrons. The number of nitrogens with two attached hydrogens (primary N) is 1. The first-order valence-corrected chi connectivity index (χ1v) is 7.02. The maximum Gasteiger partial charge on any atom is 0.163 e. The second kappa shape index (κ2) is 5.63. The van der Waals surface area contributed by atoms with E-state index < -0.39 is 17.7 Å². The molecule has 0 heterocycles. The Morgan fingerprint density at radius 3 is 2.56 bits per heavy atom. The Bertz CT molecular complexity index is 587. The average molecular weight is 424 g/mol. The molecule has 0 saturated heterocycles. The van der Waals surface area contributed by atoms with Crippen molar-refractivity contribution < 1.29 is 8.78 Å². The highest BCUT2D eigenvalue weighted by molar-refractivity contribution is 14.1. The molecular formula is C13H9BrF2IN. The Morgan fingerprint density at radius 1 is 1.11 bits per heavy atom. The molecule has 0 aliphatic heterocycles. The third-order valence-corrected chi connectivity index (χ3v) is 4.09. The van der Waals surface area contributed by atoms with Gasteiger partial charge in [-0.15, -0.1) is 0 Å². The molecule has 2 N–H and O–H groups in total. The van der Waals surface area contributed by atoms with Gasteiger partial charge >= 0.3 is 0 Å². The first kappa shape index (κ1) is 13.9. The minimum absolute atomic E-state index is 0.158. The summed E-state index contributed by atoms with van der Waals surface area (Å²) >= 11 is 5.47. The summed E-state index contributed by atoms with van der Waals surface area (Å²) in [5.74, 6) is -1.77. The summed E-state index contributed by atoms with van der Waals surface area (Å²) in [4.78, 5) is 0. The van der Waals surface area contributed by atoms with Gasteiger partial charge in [0.1, 0.15) is 0 Å². The number of hydrogen-bond donors (Lipinski definition) is 1. The van der Waals surface area contributed by atoms with Crippen LogP contribution in [-0.2, 0) is 0 Å². The minimum atomic E-state index is -0.888. The molecule has 2 aromatic rings. The molecular weight excluding hydrogens is 415 g/mol. The van der Waals surface area contributed by atoms with E-state index in [1.807, 2.05) is 18.2 Å². The summed E-state index contributed by atoms with van der Waals surface area (Å²) in [6.07, 6.45) is 0. The fourth-order valence-electron chi connectivity index (χ4n) is 1.68. The monoisotopic (exact) mass is 423 g/mol. The summed E-state index contributed by atoms with van der Waals surface area (Å²) in [6.45, 7) is 0. The van der Waals surface area contributed by atoms with Crippen molar-refractivity contribution >= 4 is 38.5 Å². The summed E-state index contributed by atoms with van der Waals surface area (Å²) in [7, 11) is 0. The molecule has 0 aliphatic carbocycles. The molecule has 1 unspecified atom stereocenters. The van der Waals surface area contributed by atoms with E-state index in [1.165, 1.54) is 12.1 Å². The SMILES string of the molecule is NC(c1cc(Br)ccc1I)c1cccc(F)c1F. The highest BCUT2D eigenvalue weighted by Crippen LogP contribution is 2.29. The van der Waals surface area contributed by atoms with Crippen molar-refractivity contribution in [2.24, 2.45) is 5.73 Å².